The van der Waals surface area contributed by atoms with Crippen LogP contribution in [-0.2, 0) is 6.42 Å². The maximum Gasteiger partial charge on any atom is 0.0376 e. The number of benzene rings is 1. The summed E-state index contributed by atoms with van der Waals surface area (Å²) in [5.41, 5.74) is 6.84. The van der Waals surface area contributed by atoms with Crippen molar-refractivity contribution in [2.45, 2.75) is 46.6 Å². The van der Waals surface area contributed by atoms with Gasteiger partial charge >= 0.3 is 0 Å². The zero-order valence-corrected chi connectivity index (χ0v) is 13.6. The van der Waals surface area contributed by atoms with Crippen LogP contribution in [0.25, 0.3) is 0 Å². The molecule has 2 heteroatoms. The largest absolute Gasteiger partial charge is 0.310 e. The molecular weight excluding hydrogens is 256 g/mol. The van der Waals surface area contributed by atoms with E-state index in [9.17, 15) is 0 Å². The summed E-state index contributed by atoms with van der Waals surface area (Å²) in [6, 6.07) is 9.08. The third kappa shape index (κ3) is 4.15. The summed E-state index contributed by atoms with van der Waals surface area (Å²) in [5, 5.41) is 3.66. The van der Waals surface area contributed by atoms with Gasteiger partial charge in [0.25, 0.3) is 0 Å². The van der Waals surface area contributed by atoms with Crippen molar-refractivity contribution >= 4 is 0 Å². The van der Waals surface area contributed by atoms with Crippen LogP contribution in [0.1, 0.15) is 47.2 Å². The molecule has 1 heterocycles. The average Bonchev–Trinajstić information content (AvgIpc) is 2.46. The average molecular weight is 282 g/mol. The second kappa shape index (κ2) is 7.37. The molecule has 2 rings (SSSR count). The van der Waals surface area contributed by atoms with Crippen LogP contribution in [0.15, 0.2) is 36.7 Å². The Labute approximate surface area is 128 Å². The highest BCUT2D eigenvalue weighted by atomic mass is 14.9. The van der Waals surface area contributed by atoms with Gasteiger partial charge in [-0.2, -0.15) is 0 Å². The van der Waals surface area contributed by atoms with E-state index in [1.807, 2.05) is 18.5 Å². The second-order valence-corrected chi connectivity index (χ2v) is 5.87. The van der Waals surface area contributed by atoms with Crippen molar-refractivity contribution in [2.75, 3.05) is 6.54 Å². The summed E-state index contributed by atoms with van der Waals surface area (Å²) in [6.45, 7) is 9.84. The number of hydrogen-bond acceptors (Lipinski definition) is 2. The van der Waals surface area contributed by atoms with Gasteiger partial charge in [-0.3, -0.25) is 4.98 Å². The molecule has 0 radical (unpaired) electrons. The minimum absolute atomic E-state index is 0.332. The predicted molar refractivity (Wildman–Crippen MR) is 89.6 cm³/mol. The normalized spacial score (nSPS) is 12.4. The molecule has 0 aliphatic heterocycles. The van der Waals surface area contributed by atoms with E-state index in [1.165, 1.54) is 27.8 Å². The second-order valence-electron chi connectivity index (χ2n) is 5.87. The Kier molecular flexibility index (Phi) is 5.51. The zero-order chi connectivity index (χ0) is 15.2. The lowest BCUT2D eigenvalue weighted by molar-refractivity contribution is 0.526. The number of pyridine rings is 1. The number of aromatic nitrogens is 1. The number of nitrogens with one attached hydrogen (secondary N) is 1. The maximum absolute atomic E-state index is 4.27. The Morgan fingerprint density at radius 2 is 1.86 bits per heavy atom. The van der Waals surface area contributed by atoms with Crippen LogP contribution in [0, 0.1) is 20.8 Å². The minimum atomic E-state index is 0.332. The first kappa shape index (κ1) is 15.7. The van der Waals surface area contributed by atoms with Gasteiger partial charge in [-0.25, -0.2) is 0 Å². The molecule has 0 spiro atoms. The standard InChI is InChI=1S/C19H26N2/c1-5-8-21-19(17-7-6-9-20-13-17)12-18-15(3)10-14(2)11-16(18)4/h6-7,9-11,13,19,21H,5,8,12H2,1-4H3. The zero-order valence-electron chi connectivity index (χ0n) is 13.6. The smallest absolute Gasteiger partial charge is 0.0376 e. The summed E-state index contributed by atoms with van der Waals surface area (Å²) < 4.78 is 0. The lowest BCUT2D eigenvalue weighted by Crippen LogP contribution is -2.24. The molecule has 2 aromatic rings. The maximum atomic E-state index is 4.27. The molecule has 0 bridgehead atoms. The van der Waals surface area contributed by atoms with Crippen molar-refractivity contribution in [1.82, 2.24) is 10.3 Å². The molecule has 2 nitrogen and oxygen atoms in total. The van der Waals surface area contributed by atoms with E-state index in [4.69, 9.17) is 0 Å². The molecule has 0 saturated carbocycles. The summed E-state index contributed by atoms with van der Waals surface area (Å²) in [5.74, 6) is 0. The Morgan fingerprint density at radius 3 is 2.43 bits per heavy atom. The topological polar surface area (TPSA) is 24.9 Å². The SMILES string of the molecule is CCCNC(Cc1c(C)cc(C)cc1C)c1cccnc1. The summed E-state index contributed by atoms with van der Waals surface area (Å²) >= 11 is 0. The van der Waals surface area contributed by atoms with Gasteiger partial charge in [0.1, 0.15) is 0 Å². The number of aryl methyl sites for hydroxylation is 3. The van der Waals surface area contributed by atoms with Gasteiger partial charge in [-0.1, -0.05) is 30.7 Å². The highest BCUT2D eigenvalue weighted by Gasteiger charge is 2.14. The predicted octanol–water partition coefficient (Wildman–Crippen LogP) is 4.29. The summed E-state index contributed by atoms with van der Waals surface area (Å²) in [4.78, 5) is 4.27. The van der Waals surface area contributed by atoms with Gasteiger partial charge < -0.3 is 5.32 Å². The van der Waals surface area contributed by atoms with Gasteiger partial charge in [-0.05, 0) is 68.5 Å². The Bertz CT molecular complexity index is 552. The molecule has 0 amide bonds. The molecule has 0 aliphatic carbocycles. The lowest BCUT2D eigenvalue weighted by Gasteiger charge is -2.21. The molecule has 1 aromatic heterocycles. The third-order valence-electron chi connectivity index (χ3n) is 3.98. The summed E-state index contributed by atoms with van der Waals surface area (Å²) in [6.07, 6.45) is 5.97. The molecule has 112 valence electrons. The van der Waals surface area contributed by atoms with Crippen LogP contribution in [0.4, 0.5) is 0 Å². The Hall–Kier alpha value is -1.67. The van der Waals surface area contributed by atoms with E-state index in [0.29, 0.717) is 6.04 Å². The van der Waals surface area contributed by atoms with E-state index in [0.717, 1.165) is 19.4 Å². The van der Waals surface area contributed by atoms with Gasteiger partial charge in [0.15, 0.2) is 0 Å². The monoisotopic (exact) mass is 282 g/mol. The highest BCUT2D eigenvalue weighted by molar-refractivity contribution is 5.38. The lowest BCUT2D eigenvalue weighted by atomic mass is 9.92. The van der Waals surface area contributed by atoms with Crippen LogP contribution < -0.4 is 5.32 Å². The molecule has 1 aromatic carbocycles. The number of rotatable bonds is 6. The van der Waals surface area contributed by atoms with Crippen molar-refractivity contribution in [2.24, 2.45) is 0 Å². The van der Waals surface area contributed by atoms with Crippen LogP contribution >= 0.6 is 0 Å². The number of hydrogen-bond donors (Lipinski definition) is 1. The van der Waals surface area contributed by atoms with Crippen molar-refractivity contribution in [3.05, 3.63) is 64.5 Å². The first-order valence-corrected chi connectivity index (χ1v) is 7.81. The summed E-state index contributed by atoms with van der Waals surface area (Å²) in [7, 11) is 0. The van der Waals surface area contributed by atoms with Gasteiger partial charge in [0, 0.05) is 18.4 Å². The minimum Gasteiger partial charge on any atom is -0.310 e. The highest BCUT2D eigenvalue weighted by Crippen LogP contribution is 2.24. The molecule has 1 N–H and O–H groups in total. The van der Waals surface area contributed by atoms with Gasteiger partial charge in [0.2, 0.25) is 0 Å². The molecule has 1 atom stereocenters. The van der Waals surface area contributed by atoms with E-state index < -0.39 is 0 Å². The first-order chi connectivity index (χ1) is 10.1. The fourth-order valence-corrected chi connectivity index (χ4v) is 2.94. The van der Waals surface area contributed by atoms with Gasteiger partial charge in [0.05, 0.1) is 0 Å². The molecule has 0 aliphatic rings. The van der Waals surface area contributed by atoms with Crippen LogP contribution in [0.3, 0.4) is 0 Å². The van der Waals surface area contributed by atoms with Crippen LogP contribution in [0.2, 0.25) is 0 Å². The molecule has 1 unspecified atom stereocenters. The van der Waals surface area contributed by atoms with Gasteiger partial charge in [-0.15, -0.1) is 0 Å². The molecular formula is C19H26N2. The van der Waals surface area contributed by atoms with E-state index in [-0.39, 0.29) is 0 Å². The van der Waals surface area contributed by atoms with E-state index >= 15 is 0 Å². The van der Waals surface area contributed by atoms with Crippen molar-refractivity contribution in [3.8, 4) is 0 Å². The van der Waals surface area contributed by atoms with Crippen LogP contribution in [0.5, 0.6) is 0 Å². The fourth-order valence-electron chi connectivity index (χ4n) is 2.94. The van der Waals surface area contributed by atoms with Crippen molar-refractivity contribution in [1.29, 1.82) is 0 Å². The molecule has 0 saturated heterocycles. The quantitative estimate of drug-likeness (QED) is 0.855. The fraction of sp³-hybridized carbons (Fsp3) is 0.421. The Balaban J connectivity index is 2.27. The molecule has 0 fully saturated rings. The molecule has 21 heavy (non-hydrogen) atoms. The van der Waals surface area contributed by atoms with Crippen molar-refractivity contribution in [3.63, 3.8) is 0 Å². The van der Waals surface area contributed by atoms with E-state index in [1.54, 1.807) is 0 Å². The Morgan fingerprint density at radius 1 is 1.14 bits per heavy atom. The number of nitrogens with zero attached hydrogens (tertiary/aromatic N) is 1. The van der Waals surface area contributed by atoms with Crippen molar-refractivity contribution < 1.29 is 0 Å². The van der Waals surface area contributed by atoms with E-state index in [2.05, 4.69) is 56.2 Å². The van der Waals surface area contributed by atoms with Crippen LogP contribution in [-0.4, -0.2) is 11.5 Å². The third-order valence-corrected chi connectivity index (χ3v) is 3.98. The first-order valence-electron chi connectivity index (χ1n) is 7.81.